The maximum atomic E-state index is 5.38. The second-order valence-corrected chi connectivity index (χ2v) is 2.73. The average molecular weight is 166 g/mol. The van der Waals surface area contributed by atoms with Crippen molar-refractivity contribution in [2.24, 2.45) is 12.8 Å². The maximum Gasteiger partial charge on any atom is 0.158 e. The van der Waals surface area contributed by atoms with Gasteiger partial charge in [0.2, 0.25) is 0 Å². The van der Waals surface area contributed by atoms with Gasteiger partial charge in [0.15, 0.2) is 5.82 Å². The molecule has 12 heavy (non-hydrogen) atoms. The van der Waals surface area contributed by atoms with E-state index in [1.807, 2.05) is 18.5 Å². The van der Waals surface area contributed by atoms with Gasteiger partial charge < -0.3 is 10.3 Å². The van der Waals surface area contributed by atoms with Gasteiger partial charge in [0.25, 0.3) is 0 Å². The van der Waals surface area contributed by atoms with Gasteiger partial charge in [0.05, 0.1) is 0 Å². The van der Waals surface area contributed by atoms with Crippen LogP contribution >= 0.6 is 0 Å². The van der Waals surface area contributed by atoms with Gasteiger partial charge in [-0.3, -0.25) is 0 Å². The van der Waals surface area contributed by atoms with Crippen LogP contribution in [0.2, 0.25) is 0 Å². The summed E-state index contributed by atoms with van der Waals surface area (Å²) in [6, 6.07) is 0. The molecule has 0 fully saturated rings. The summed E-state index contributed by atoms with van der Waals surface area (Å²) in [7, 11) is 1.93. The topological polar surface area (TPSA) is 56.7 Å². The first-order valence-corrected chi connectivity index (χ1v) is 3.97. The van der Waals surface area contributed by atoms with Crippen molar-refractivity contribution < 1.29 is 0 Å². The van der Waals surface area contributed by atoms with E-state index >= 15 is 0 Å². The van der Waals surface area contributed by atoms with Gasteiger partial charge in [0, 0.05) is 7.05 Å². The third-order valence-electron chi connectivity index (χ3n) is 1.68. The molecule has 0 aliphatic carbocycles. The monoisotopic (exact) mass is 166 g/mol. The number of nitrogens with zero attached hydrogens (tertiary/aromatic N) is 3. The van der Waals surface area contributed by atoms with Gasteiger partial charge in [0.1, 0.15) is 6.33 Å². The smallest absolute Gasteiger partial charge is 0.158 e. The van der Waals surface area contributed by atoms with Crippen molar-refractivity contribution in [1.29, 1.82) is 0 Å². The van der Waals surface area contributed by atoms with E-state index in [4.69, 9.17) is 5.73 Å². The normalized spacial score (nSPS) is 12.1. The number of aromatic nitrogens is 3. The summed E-state index contributed by atoms with van der Waals surface area (Å²) < 4.78 is 1.89. The fourth-order valence-electron chi connectivity index (χ4n) is 1.03. The van der Waals surface area contributed by atoms with Gasteiger partial charge >= 0.3 is 0 Å². The molecule has 0 radical (unpaired) electrons. The molecule has 4 heteroatoms. The molecular weight excluding hydrogens is 152 g/mol. The summed E-state index contributed by atoms with van der Waals surface area (Å²) in [5.41, 5.74) is 6.51. The second-order valence-electron chi connectivity index (χ2n) is 2.73. The van der Waals surface area contributed by atoms with Crippen molar-refractivity contribution in [3.8, 4) is 0 Å². The van der Waals surface area contributed by atoms with Crippen molar-refractivity contribution in [2.45, 2.75) is 13.3 Å². The van der Waals surface area contributed by atoms with Crippen LogP contribution in [0.3, 0.4) is 0 Å². The number of nitrogens with two attached hydrogens (primary N) is 1. The molecule has 0 unspecified atom stereocenters. The van der Waals surface area contributed by atoms with Crippen LogP contribution in [-0.2, 0) is 7.05 Å². The first-order valence-electron chi connectivity index (χ1n) is 3.97. The zero-order valence-corrected chi connectivity index (χ0v) is 7.49. The van der Waals surface area contributed by atoms with Gasteiger partial charge in [-0.2, -0.15) is 0 Å². The van der Waals surface area contributed by atoms with E-state index in [2.05, 4.69) is 16.3 Å². The summed E-state index contributed by atoms with van der Waals surface area (Å²) in [6.07, 6.45) is 4.65. The molecule has 0 saturated heterocycles. The molecule has 0 amide bonds. The standard InChI is InChI=1S/C8H14N4/c1-7(4-3-5-9)8-11-10-6-12(8)2/h4,6H,3,5,9H2,1-2H3/b7-4+. The van der Waals surface area contributed by atoms with E-state index in [1.54, 1.807) is 6.33 Å². The predicted molar refractivity (Wildman–Crippen MR) is 48.3 cm³/mol. The Balaban J connectivity index is 2.77. The lowest BCUT2D eigenvalue weighted by Gasteiger charge is -1.98. The highest BCUT2D eigenvalue weighted by atomic mass is 15.2. The molecule has 1 aromatic rings. The lowest BCUT2D eigenvalue weighted by atomic mass is 10.2. The highest BCUT2D eigenvalue weighted by Crippen LogP contribution is 2.08. The Hall–Kier alpha value is -1.16. The fraction of sp³-hybridized carbons (Fsp3) is 0.500. The largest absolute Gasteiger partial charge is 0.330 e. The predicted octanol–water partition coefficient (Wildman–Crippen LogP) is 0.567. The molecule has 2 N–H and O–H groups in total. The Morgan fingerprint density at radius 2 is 2.50 bits per heavy atom. The summed E-state index contributed by atoms with van der Waals surface area (Å²) in [5, 5.41) is 7.76. The number of hydrogen-bond acceptors (Lipinski definition) is 3. The Labute approximate surface area is 72.1 Å². The van der Waals surface area contributed by atoms with Crippen molar-refractivity contribution in [1.82, 2.24) is 14.8 Å². The van der Waals surface area contributed by atoms with Crippen LogP contribution in [0.4, 0.5) is 0 Å². The van der Waals surface area contributed by atoms with Gasteiger partial charge in [-0.05, 0) is 25.5 Å². The summed E-state index contributed by atoms with van der Waals surface area (Å²) in [6.45, 7) is 2.69. The van der Waals surface area contributed by atoms with Crippen LogP contribution in [-0.4, -0.2) is 21.3 Å². The van der Waals surface area contributed by atoms with E-state index in [0.717, 1.165) is 17.8 Å². The molecule has 66 valence electrons. The molecule has 1 heterocycles. The molecule has 0 aliphatic rings. The van der Waals surface area contributed by atoms with Crippen molar-refractivity contribution in [3.05, 3.63) is 18.2 Å². The zero-order chi connectivity index (χ0) is 8.97. The SMILES string of the molecule is C/C(=C\CCN)c1nncn1C. The second kappa shape index (κ2) is 4.01. The minimum absolute atomic E-state index is 0.676. The van der Waals surface area contributed by atoms with Crippen LogP contribution in [0, 0.1) is 0 Å². The molecular formula is C8H14N4. The summed E-state index contributed by atoms with van der Waals surface area (Å²) in [4.78, 5) is 0. The third kappa shape index (κ3) is 1.92. The van der Waals surface area contributed by atoms with Gasteiger partial charge in [-0.1, -0.05) is 6.08 Å². The number of aryl methyl sites for hydroxylation is 1. The highest BCUT2D eigenvalue weighted by Gasteiger charge is 2.00. The van der Waals surface area contributed by atoms with E-state index < -0.39 is 0 Å². The zero-order valence-electron chi connectivity index (χ0n) is 7.49. The average Bonchev–Trinajstić information content (AvgIpc) is 2.47. The minimum Gasteiger partial charge on any atom is -0.330 e. The van der Waals surface area contributed by atoms with E-state index in [-0.39, 0.29) is 0 Å². The molecule has 1 aromatic heterocycles. The van der Waals surface area contributed by atoms with Crippen LogP contribution in [0.25, 0.3) is 5.57 Å². The molecule has 0 aromatic carbocycles. The molecule has 4 nitrogen and oxygen atoms in total. The summed E-state index contributed by atoms with van der Waals surface area (Å²) >= 11 is 0. The van der Waals surface area contributed by atoms with Crippen molar-refractivity contribution in [2.75, 3.05) is 6.54 Å². The highest BCUT2D eigenvalue weighted by molar-refractivity contribution is 5.57. The van der Waals surface area contributed by atoms with Crippen LogP contribution in [0.1, 0.15) is 19.2 Å². The van der Waals surface area contributed by atoms with Gasteiger partial charge in [-0.25, -0.2) is 0 Å². The quantitative estimate of drug-likeness (QED) is 0.714. The van der Waals surface area contributed by atoms with Crippen LogP contribution in [0.15, 0.2) is 12.4 Å². The molecule has 1 rings (SSSR count). The Kier molecular flexibility index (Phi) is 2.99. The number of hydrogen-bond donors (Lipinski definition) is 1. The number of rotatable bonds is 3. The Morgan fingerprint density at radius 1 is 1.75 bits per heavy atom. The lowest BCUT2D eigenvalue weighted by Crippen LogP contribution is -1.98. The first kappa shape index (κ1) is 8.93. The maximum absolute atomic E-state index is 5.38. The van der Waals surface area contributed by atoms with Crippen molar-refractivity contribution >= 4 is 5.57 Å². The van der Waals surface area contributed by atoms with E-state index in [1.165, 1.54) is 0 Å². The van der Waals surface area contributed by atoms with Gasteiger partial charge in [-0.15, -0.1) is 10.2 Å². The molecule has 0 atom stereocenters. The van der Waals surface area contributed by atoms with Crippen LogP contribution in [0.5, 0.6) is 0 Å². The van der Waals surface area contributed by atoms with Crippen LogP contribution < -0.4 is 5.73 Å². The molecule has 0 bridgehead atoms. The lowest BCUT2D eigenvalue weighted by molar-refractivity contribution is 0.885. The number of allylic oxidation sites excluding steroid dienone is 1. The molecule has 0 saturated carbocycles. The Bertz CT molecular complexity index is 274. The van der Waals surface area contributed by atoms with E-state index in [0.29, 0.717) is 6.54 Å². The Morgan fingerprint density at radius 3 is 3.00 bits per heavy atom. The summed E-state index contributed by atoms with van der Waals surface area (Å²) in [5.74, 6) is 0.906. The fourth-order valence-corrected chi connectivity index (χ4v) is 1.03. The van der Waals surface area contributed by atoms with E-state index in [9.17, 15) is 0 Å². The van der Waals surface area contributed by atoms with Crippen molar-refractivity contribution in [3.63, 3.8) is 0 Å². The molecule has 0 spiro atoms. The third-order valence-corrected chi connectivity index (χ3v) is 1.68. The minimum atomic E-state index is 0.676. The first-order chi connectivity index (χ1) is 5.75. The molecule has 0 aliphatic heterocycles.